The highest BCUT2D eigenvalue weighted by Gasteiger charge is 2.38. The maximum Gasteiger partial charge on any atom is 0.255 e. The molecular formula is C23H33N3O4. The van der Waals surface area contributed by atoms with Crippen molar-refractivity contribution < 1.29 is 19.1 Å². The zero-order chi connectivity index (χ0) is 21.5. The van der Waals surface area contributed by atoms with E-state index in [0.29, 0.717) is 24.6 Å². The van der Waals surface area contributed by atoms with Gasteiger partial charge in [-0.3, -0.25) is 19.7 Å². The molecule has 4 rings (SSSR count). The van der Waals surface area contributed by atoms with Crippen molar-refractivity contribution in [1.29, 1.82) is 0 Å². The van der Waals surface area contributed by atoms with Gasteiger partial charge in [-0.05, 0) is 62.4 Å². The van der Waals surface area contributed by atoms with E-state index >= 15 is 0 Å². The predicted octanol–water partition coefficient (Wildman–Crippen LogP) is 2.18. The van der Waals surface area contributed by atoms with Gasteiger partial charge >= 0.3 is 0 Å². The van der Waals surface area contributed by atoms with Gasteiger partial charge in [0, 0.05) is 25.1 Å². The normalized spacial score (nSPS) is 21.7. The number of nitrogens with zero attached hydrogens (tertiary/aromatic N) is 1. The van der Waals surface area contributed by atoms with Crippen molar-refractivity contribution in [2.45, 2.75) is 71.1 Å². The van der Waals surface area contributed by atoms with Gasteiger partial charge in [0.25, 0.3) is 5.91 Å². The molecule has 0 spiro atoms. The maximum atomic E-state index is 12.7. The molecule has 1 aromatic rings. The molecule has 0 bridgehead atoms. The topological polar surface area (TPSA) is 87.7 Å². The molecule has 0 radical (unpaired) electrons. The van der Waals surface area contributed by atoms with Crippen molar-refractivity contribution in [3.63, 3.8) is 0 Å². The highest BCUT2D eigenvalue weighted by molar-refractivity contribution is 6.05. The second kappa shape index (κ2) is 10.7. The van der Waals surface area contributed by atoms with Crippen LogP contribution in [0, 0.1) is 0 Å². The number of ether oxygens (including phenoxy) is 1. The number of rotatable bonds is 6. The largest absolute Gasteiger partial charge is 0.378 e. The van der Waals surface area contributed by atoms with E-state index in [9.17, 15) is 14.4 Å². The van der Waals surface area contributed by atoms with Crippen LogP contribution in [0.2, 0.25) is 0 Å². The molecule has 3 heterocycles. The summed E-state index contributed by atoms with van der Waals surface area (Å²) in [4.78, 5) is 37.8. The van der Waals surface area contributed by atoms with Gasteiger partial charge in [-0.1, -0.05) is 26.0 Å². The first-order valence-electron chi connectivity index (χ1n) is 11.2. The van der Waals surface area contributed by atoms with Gasteiger partial charge in [0.1, 0.15) is 6.04 Å². The summed E-state index contributed by atoms with van der Waals surface area (Å²) in [7, 11) is 0. The van der Waals surface area contributed by atoms with Crippen molar-refractivity contribution in [2.24, 2.45) is 0 Å². The second-order valence-electron chi connectivity index (χ2n) is 7.82. The second-order valence-corrected chi connectivity index (χ2v) is 7.82. The Hall–Kier alpha value is -2.25. The van der Waals surface area contributed by atoms with Gasteiger partial charge in [0.15, 0.2) is 0 Å². The fourth-order valence-electron chi connectivity index (χ4n) is 4.27. The van der Waals surface area contributed by atoms with Crippen LogP contribution in [0.25, 0.3) is 0 Å². The molecule has 0 aromatic heterocycles. The van der Waals surface area contributed by atoms with E-state index in [1.807, 2.05) is 26.0 Å². The minimum absolute atomic E-state index is 0.120. The lowest BCUT2D eigenvalue weighted by Gasteiger charge is -2.29. The Bertz CT molecular complexity index is 774. The van der Waals surface area contributed by atoms with Gasteiger partial charge in [-0.25, -0.2) is 0 Å². The van der Waals surface area contributed by atoms with Gasteiger partial charge < -0.3 is 15.0 Å². The monoisotopic (exact) mass is 415 g/mol. The molecule has 7 heteroatoms. The fraction of sp³-hybridized carbons (Fsp3) is 0.609. The summed E-state index contributed by atoms with van der Waals surface area (Å²) in [5.41, 5.74) is 2.82. The first-order valence-corrected chi connectivity index (χ1v) is 11.2. The molecule has 2 saturated heterocycles. The number of piperidine rings is 2. The highest BCUT2D eigenvalue weighted by Crippen LogP contribution is 2.28. The molecule has 3 aliphatic heterocycles. The van der Waals surface area contributed by atoms with Crippen LogP contribution in [0.1, 0.15) is 67.4 Å². The average molecular weight is 416 g/mol. The Kier molecular flexibility index (Phi) is 7.99. The fourth-order valence-corrected chi connectivity index (χ4v) is 4.27. The number of nitrogens with one attached hydrogen (secondary N) is 2. The van der Waals surface area contributed by atoms with E-state index in [1.165, 1.54) is 5.56 Å². The molecule has 30 heavy (non-hydrogen) atoms. The van der Waals surface area contributed by atoms with Crippen molar-refractivity contribution in [3.05, 3.63) is 34.9 Å². The number of amides is 3. The maximum absolute atomic E-state index is 12.7. The van der Waals surface area contributed by atoms with Gasteiger partial charge in [0.2, 0.25) is 11.8 Å². The Labute approximate surface area is 178 Å². The molecule has 3 aliphatic rings. The SMILES string of the molecule is CC.O=C1CCC(N2Cc3cc(CCCOC4CCNCC4)ccc3C2=O)C(=O)N1. The van der Waals surface area contributed by atoms with Crippen LogP contribution in [0.4, 0.5) is 0 Å². The smallest absolute Gasteiger partial charge is 0.255 e. The van der Waals surface area contributed by atoms with Crippen LogP contribution >= 0.6 is 0 Å². The van der Waals surface area contributed by atoms with E-state index < -0.39 is 6.04 Å². The van der Waals surface area contributed by atoms with Crippen LogP contribution in [-0.2, 0) is 27.3 Å². The molecule has 164 valence electrons. The number of carbonyl (C=O) groups is 3. The summed E-state index contributed by atoms with van der Waals surface area (Å²) in [6, 6.07) is 5.38. The number of fused-ring (bicyclic) bond motifs is 1. The Balaban J connectivity index is 0.00000124. The van der Waals surface area contributed by atoms with E-state index in [1.54, 1.807) is 4.90 Å². The van der Waals surface area contributed by atoms with Crippen LogP contribution in [-0.4, -0.2) is 54.5 Å². The molecule has 2 fully saturated rings. The van der Waals surface area contributed by atoms with Crippen molar-refractivity contribution in [2.75, 3.05) is 19.7 Å². The molecular weight excluding hydrogens is 382 g/mol. The van der Waals surface area contributed by atoms with Crippen molar-refractivity contribution in [3.8, 4) is 0 Å². The lowest BCUT2D eigenvalue weighted by atomic mass is 10.0. The zero-order valence-corrected chi connectivity index (χ0v) is 18.0. The highest BCUT2D eigenvalue weighted by atomic mass is 16.5. The summed E-state index contributed by atoms with van der Waals surface area (Å²) in [5, 5.41) is 5.67. The zero-order valence-electron chi connectivity index (χ0n) is 18.0. The lowest BCUT2D eigenvalue weighted by Crippen LogP contribution is -2.52. The summed E-state index contributed by atoms with van der Waals surface area (Å²) in [6.45, 7) is 7.25. The average Bonchev–Trinajstić information content (AvgIpc) is 3.09. The van der Waals surface area contributed by atoms with Crippen LogP contribution in [0.3, 0.4) is 0 Å². The van der Waals surface area contributed by atoms with E-state index in [0.717, 1.165) is 50.9 Å². The number of carbonyl (C=O) groups excluding carboxylic acids is 3. The standard InChI is InChI=1S/C21H27N3O4.C2H6/c25-19-6-5-18(20(26)23-19)24-13-15-12-14(3-4-17(15)21(24)27)2-1-11-28-16-7-9-22-10-8-16;1-2/h3-4,12,16,18,22H,1-2,5-11,13H2,(H,23,25,26);1-2H3. The molecule has 7 nitrogen and oxygen atoms in total. The quantitative estimate of drug-likeness (QED) is 0.549. The summed E-state index contributed by atoms with van der Waals surface area (Å²) in [5.74, 6) is -0.752. The first-order chi connectivity index (χ1) is 14.6. The van der Waals surface area contributed by atoms with Gasteiger partial charge in [0.05, 0.1) is 6.10 Å². The number of hydrogen-bond acceptors (Lipinski definition) is 5. The predicted molar refractivity (Wildman–Crippen MR) is 114 cm³/mol. The molecule has 1 aromatic carbocycles. The van der Waals surface area contributed by atoms with Crippen molar-refractivity contribution in [1.82, 2.24) is 15.5 Å². The van der Waals surface area contributed by atoms with Gasteiger partial charge in [-0.2, -0.15) is 0 Å². The summed E-state index contributed by atoms with van der Waals surface area (Å²) >= 11 is 0. The molecule has 1 atom stereocenters. The Morgan fingerprint density at radius 1 is 1.10 bits per heavy atom. The summed E-state index contributed by atoms with van der Waals surface area (Å²) < 4.78 is 5.96. The van der Waals surface area contributed by atoms with E-state index in [2.05, 4.69) is 16.7 Å². The molecule has 0 aliphatic carbocycles. The number of aryl methyl sites for hydroxylation is 1. The van der Waals surface area contributed by atoms with E-state index in [-0.39, 0.29) is 24.1 Å². The number of benzene rings is 1. The van der Waals surface area contributed by atoms with E-state index in [4.69, 9.17) is 4.74 Å². The lowest BCUT2D eigenvalue weighted by molar-refractivity contribution is -0.136. The minimum Gasteiger partial charge on any atom is -0.378 e. The molecule has 0 saturated carbocycles. The number of imide groups is 1. The molecule has 3 amide bonds. The first kappa shape index (κ1) is 22.4. The van der Waals surface area contributed by atoms with Crippen LogP contribution in [0.15, 0.2) is 18.2 Å². The molecule has 2 N–H and O–H groups in total. The number of hydrogen-bond donors (Lipinski definition) is 2. The molecule has 1 unspecified atom stereocenters. The van der Waals surface area contributed by atoms with Crippen LogP contribution < -0.4 is 10.6 Å². The Morgan fingerprint density at radius 3 is 2.60 bits per heavy atom. The van der Waals surface area contributed by atoms with Crippen LogP contribution in [0.5, 0.6) is 0 Å². The van der Waals surface area contributed by atoms with Gasteiger partial charge in [-0.15, -0.1) is 0 Å². The Morgan fingerprint density at radius 2 is 1.87 bits per heavy atom. The third kappa shape index (κ3) is 5.26. The third-order valence-corrected chi connectivity index (χ3v) is 5.84. The summed E-state index contributed by atoms with van der Waals surface area (Å²) in [6.07, 6.45) is 5.07. The minimum atomic E-state index is -0.556. The van der Waals surface area contributed by atoms with Crippen molar-refractivity contribution >= 4 is 17.7 Å². The third-order valence-electron chi connectivity index (χ3n) is 5.84.